The molecule has 0 atom stereocenters. The minimum absolute atomic E-state index is 0.194. The number of aromatic amines is 1. The summed E-state index contributed by atoms with van der Waals surface area (Å²) < 4.78 is 13.7. The fourth-order valence-corrected chi connectivity index (χ4v) is 1.93. The maximum absolute atomic E-state index is 13.7. The zero-order valence-corrected chi connectivity index (χ0v) is 9.63. The van der Waals surface area contributed by atoms with Gasteiger partial charge in [0.25, 0.3) is 0 Å². The van der Waals surface area contributed by atoms with E-state index >= 15 is 0 Å². The van der Waals surface area contributed by atoms with Crippen LogP contribution in [-0.4, -0.2) is 10.8 Å². The highest BCUT2D eigenvalue weighted by atomic mass is 19.1. The van der Waals surface area contributed by atoms with Crippen molar-refractivity contribution < 1.29 is 4.39 Å². The number of hydrazine groups is 1. The summed E-state index contributed by atoms with van der Waals surface area (Å²) in [7, 11) is 0. The number of hydrogen-bond acceptors (Lipinski definition) is 3. The standard InChI is InChI=1S/C11H14FN5/c1-5-3-4-7(12)8-6(2)10(15-9(5)8)11(13)16-17-14/h3-4,15,17H,14H2,1-2H3,(H2,13,16). The molecule has 0 amide bonds. The van der Waals surface area contributed by atoms with Crippen molar-refractivity contribution in [2.45, 2.75) is 13.8 Å². The molecule has 0 saturated heterocycles. The van der Waals surface area contributed by atoms with Gasteiger partial charge >= 0.3 is 0 Å². The molecule has 17 heavy (non-hydrogen) atoms. The Bertz CT molecular complexity index is 599. The number of hydrazone groups is 1. The number of nitrogens with one attached hydrogen (secondary N) is 2. The van der Waals surface area contributed by atoms with Crippen LogP contribution in [-0.2, 0) is 0 Å². The largest absolute Gasteiger partial charge is 0.380 e. The van der Waals surface area contributed by atoms with Gasteiger partial charge in [0.05, 0.1) is 11.2 Å². The molecule has 0 bridgehead atoms. The van der Waals surface area contributed by atoms with E-state index in [1.807, 2.05) is 6.92 Å². The highest BCUT2D eigenvalue weighted by Gasteiger charge is 2.15. The van der Waals surface area contributed by atoms with Gasteiger partial charge in [-0.15, -0.1) is 5.10 Å². The lowest BCUT2D eigenvalue weighted by atomic mass is 10.1. The number of halogens is 1. The molecule has 6 heteroatoms. The molecule has 0 radical (unpaired) electrons. The molecule has 6 N–H and O–H groups in total. The molecule has 1 aromatic heterocycles. The molecule has 0 saturated carbocycles. The van der Waals surface area contributed by atoms with Gasteiger partial charge in [0.1, 0.15) is 5.82 Å². The van der Waals surface area contributed by atoms with Crippen LogP contribution in [0.15, 0.2) is 17.2 Å². The molecule has 1 aromatic carbocycles. The predicted octanol–water partition coefficient (Wildman–Crippen LogP) is 1.01. The molecule has 0 unspecified atom stereocenters. The summed E-state index contributed by atoms with van der Waals surface area (Å²) in [5.74, 6) is 4.98. The number of hydrogen-bond donors (Lipinski definition) is 4. The van der Waals surface area contributed by atoms with Crippen molar-refractivity contribution in [1.82, 2.24) is 10.5 Å². The maximum Gasteiger partial charge on any atom is 0.168 e. The van der Waals surface area contributed by atoms with E-state index in [9.17, 15) is 4.39 Å². The lowest BCUT2D eigenvalue weighted by Crippen LogP contribution is -2.23. The lowest BCUT2D eigenvalue weighted by Gasteiger charge is -1.98. The Hall–Kier alpha value is -2.08. The summed E-state index contributed by atoms with van der Waals surface area (Å²) in [4.78, 5) is 3.07. The van der Waals surface area contributed by atoms with Crippen LogP contribution in [0.1, 0.15) is 16.8 Å². The number of aromatic nitrogens is 1. The summed E-state index contributed by atoms with van der Waals surface area (Å²) in [5, 5.41) is 4.22. The van der Waals surface area contributed by atoms with Crippen molar-refractivity contribution in [2.75, 3.05) is 0 Å². The van der Waals surface area contributed by atoms with Crippen LogP contribution in [0.25, 0.3) is 10.9 Å². The van der Waals surface area contributed by atoms with Crippen LogP contribution in [0.5, 0.6) is 0 Å². The third-order valence-corrected chi connectivity index (χ3v) is 2.80. The van der Waals surface area contributed by atoms with Crippen molar-refractivity contribution in [2.24, 2.45) is 16.7 Å². The number of benzene rings is 1. The predicted molar refractivity (Wildman–Crippen MR) is 65.8 cm³/mol. The first-order chi connectivity index (χ1) is 8.06. The summed E-state index contributed by atoms with van der Waals surface area (Å²) >= 11 is 0. The van der Waals surface area contributed by atoms with Crippen molar-refractivity contribution in [3.63, 3.8) is 0 Å². The second-order valence-electron chi connectivity index (χ2n) is 3.87. The molecular formula is C11H14FN5. The number of fused-ring (bicyclic) bond motifs is 1. The third kappa shape index (κ3) is 1.72. The van der Waals surface area contributed by atoms with Crippen LogP contribution in [0.3, 0.4) is 0 Å². The van der Waals surface area contributed by atoms with Gasteiger partial charge in [0, 0.05) is 5.39 Å². The maximum atomic E-state index is 13.7. The van der Waals surface area contributed by atoms with Crippen LogP contribution >= 0.6 is 0 Å². The second-order valence-corrected chi connectivity index (χ2v) is 3.87. The topological polar surface area (TPSA) is 92.2 Å². The number of nitrogens with two attached hydrogens (primary N) is 2. The van der Waals surface area contributed by atoms with E-state index in [0.29, 0.717) is 11.1 Å². The number of H-pyrrole nitrogens is 1. The summed E-state index contributed by atoms with van der Waals surface area (Å²) in [6.45, 7) is 3.69. The Morgan fingerprint density at radius 2 is 2.12 bits per heavy atom. The Labute approximate surface area is 97.6 Å². The minimum atomic E-state index is -0.279. The quantitative estimate of drug-likeness (QED) is 0.271. The monoisotopic (exact) mass is 235 g/mol. The SMILES string of the molecule is Cc1ccc(F)c2c(C)c(/C(N)=N/NN)[nH]c12. The van der Waals surface area contributed by atoms with Crippen LogP contribution in [0.2, 0.25) is 0 Å². The number of amidine groups is 1. The van der Waals surface area contributed by atoms with Gasteiger partial charge < -0.3 is 10.7 Å². The summed E-state index contributed by atoms with van der Waals surface area (Å²) in [6.07, 6.45) is 0. The van der Waals surface area contributed by atoms with E-state index in [4.69, 9.17) is 11.6 Å². The van der Waals surface area contributed by atoms with E-state index in [-0.39, 0.29) is 11.7 Å². The normalized spacial score (nSPS) is 12.1. The minimum Gasteiger partial charge on any atom is -0.380 e. The molecule has 0 aliphatic rings. The van der Waals surface area contributed by atoms with Gasteiger partial charge in [0.15, 0.2) is 5.84 Å². The van der Waals surface area contributed by atoms with Gasteiger partial charge in [0.2, 0.25) is 0 Å². The van der Waals surface area contributed by atoms with Gasteiger partial charge in [-0.2, -0.15) is 0 Å². The summed E-state index contributed by atoms with van der Waals surface area (Å²) in [6, 6.07) is 3.16. The average Bonchev–Trinajstić information content (AvgIpc) is 2.63. The average molecular weight is 235 g/mol. The highest BCUT2D eigenvalue weighted by molar-refractivity contribution is 6.03. The van der Waals surface area contributed by atoms with Gasteiger partial charge in [-0.3, -0.25) is 0 Å². The molecule has 2 aromatic rings. The number of rotatable bonds is 2. The zero-order valence-electron chi connectivity index (χ0n) is 9.63. The van der Waals surface area contributed by atoms with Crippen molar-refractivity contribution in [1.29, 1.82) is 0 Å². The first-order valence-corrected chi connectivity index (χ1v) is 5.12. The smallest absolute Gasteiger partial charge is 0.168 e. The van der Waals surface area contributed by atoms with Crippen LogP contribution < -0.4 is 17.1 Å². The van der Waals surface area contributed by atoms with E-state index in [1.54, 1.807) is 13.0 Å². The van der Waals surface area contributed by atoms with E-state index < -0.39 is 0 Å². The van der Waals surface area contributed by atoms with Crippen molar-refractivity contribution in [3.05, 3.63) is 34.8 Å². The Balaban J connectivity index is 2.77. The van der Waals surface area contributed by atoms with Crippen LogP contribution in [0, 0.1) is 19.7 Å². The zero-order chi connectivity index (χ0) is 12.6. The molecule has 1 heterocycles. The highest BCUT2D eigenvalue weighted by Crippen LogP contribution is 2.26. The van der Waals surface area contributed by atoms with Crippen LogP contribution in [0.4, 0.5) is 4.39 Å². The fourth-order valence-electron chi connectivity index (χ4n) is 1.93. The van der Waals surface area contributed by atoms with E-state index in [2.05, 4.69) is 15.6 Å². The molecule has 90 valence electrons. The number of aryl methyl sites for hydroxylation is 2. The van der Waals surface area contributed by atoms with E-state index in [1.165, 1.54) is 6.07 Å². The van der Waals surface area contributed by atoms with Gasteiger partial charge in [-0.1, -0.05) is 6.07 Å². The molecule has 0 fully saturated rings. The third-order valence-electron chi connectivity index (χ3n) is 2.80. The molecule has 0 spiro atoms. The second kappa shape index (κ2) is 4.06. The van der Waals surface area contributed by atoms with Gasteiger partial charge in [-0.05, 0) is 31.0 Å². The summed E-state index contributed by atoms with van der Waals surface area (Å²) in [5.41, 5.74) is 10.8. The Morgan fingerprint density at radius 3 is 2.71 bits per heavy atom. The van der Waals surface area contributed by atoms with Gasteiger partial charge in [-0.25, -0.2) is 15.8 Å². The fraction of sp³-hybridized carbons (Fsp3) is 0.182. The van der Waals surface area contributed by atoms with E-state index in [0.717, 1.165) is 16.6 Å². The molecule has 2 rings (SSSR count). The first kappa shape index (κ1) is 11.4. The first-order valence-electron chi connectivity index (χ1n) is 5.12. The molecule has 5 nitrogen and oxygen atoms in total. The van der Waals surface area contributed by atoms with Crippen molar-refractivity contribution in [3.8, 4) is 0 Å². The number of nitrogens with zero attached hydrogens (tertiary/aromatic N) is 1. The Kier molecular flexibility index (Phi) is 2.72. The molecule has 0 aliphatic carbocycles. The molecule has 0 aliphatic heterocycles. The lowest BCUT2D eigenvalue weighted by molar-refractivity contribution is 0.639. The molecular weight excluding hydrogens is 221 g/mol. The van der Waals surface area contributed by atoms with Crippen molar-refractivity contribution >= 4 is 16.7 Å². The Morgan fingerprint density at radius 1 is 1.41 bits per heavy atom.